The number of nitrogens with one attached hydrogen (secondary N) is 1. The predicted molar refractivity (Wildman–Crippen MR) is 86.3 cm³/mol. The zero-order valence-corrected chi connectivity index (χ0v) is 12.9. The van der Waals surface area contributed by atoms with Crippen molar-refractivity contribution in [3.8, 4) is 17.4 Å². The molecule has 1 aliphatic carbocycles. The van der Waals surface area contributed by atoms with E-state index < -0.39 is 0 Å². The average Bonchev–Trinajstić information content (AvgIpc) is 2.97. The van der Waals surface area contributed by atoms with Crippen molar-refractivity contribution >= 4 is 33.8 Å². The molecular weight excluding hydrogens is 304 g/mol. The lowest BCUT2D eigenvalue weighted by Gasteiger charge is -2.09. The number of fused-ring (bicyclic) bond motifs is 2. The molecule has 0 amide bonds. The quantitative estimate of drug-likeness (QED) is 0.593. The van der Waals surface area contributed by atoms with Crippen molar-refractivity contribution in [2.45, 2.75) is 25.7 Å². The number of hydrogen-bond donors (Lipinski definition) is 3. The number of aromatic hydroxyl groups is 2. The molecule has 0 bridgehead atoms. The molecule has 0 aliphatic heterocycles. The van der Waals surface area contributed by atoms with Gasteiger partial charge in [-0.25, -0.2) is 0 Å². The Labute approximate surface area is 130 Å². The summed E-state index contributed by atoms with van der Waals surface area (Å²) in [5, 5.41) is 20.9. The first-order valence-electron chi connectivity index (χ1n) is 6.93. The highest BCUT2D eigenvalue weighted by Crippen LogP contribution is 2.41. The SMILES string of the molecule is Oc1c2c(c(O)n1-c1ccc3[nH]c(=S)sc3c1)CCCC2. The molecule has 0 radical (unpaired) electrons. The monoisotopic (exact) mass is 318 g/mol. The van der Waals surface area contributed by atoms with E-state index in [9.17, 15) is 10.2 Å². The minimum atomic E-state index is 0.167. The molecule has 0 fully saturated rings. The first-order chi connectivity index (χ1) is 10.1. The van der Waals surface area contributed by atoms with Gasteiger partial charge in [0.25, 0.3) is 0 Å². The summed E-state index contributed by atoms with van der Waals surface area (Å²) in [6.07, 6.45) is 3.77. The van der Waals surface area contributed by atoms with Crippen LogP contribution in [0.15, 0.2) is 18.2 Å². The number of hydrogen-bond acceptors (Lipinski definition) is 4. The Balaban J connectivity index is 1.95. The van der Waals surface area contributed by atoms with Crippen LogP contribution >= 0.6 is 23.6 Å². The second-order valence-electron chi connectivity index (χ2n) is 5.34. The Morgan fingerprint density at radius 2 is 1.76 bits per heavy atom. The Morgan fingerprint density at radius 1 is 1.10 bits per heavy atom. The van der Waals surface area contributed by atoms with E-state index in [0.717, 1.165) is 56.7 Å². The molecule has 2 heterocycles. The molecule has 1 aromatic carbocycles. The summed E-state index contributed by atoms with van der Waals surface area (Å²) >= 11 is 6.64. The number of H-pyrrole nitrogens is 1. The third kappa shape index (κ3) is 1.90. The number of benzene rings is 1. The third-order valence-corrected chi connectivity index (χ3v) is 5.29. The van der Waals surface area contributed by atoms with Gasteiger partial charge in [-0.3, -0.25) is 4.57 Å². The Bertz CT molecular complexity index is 875. The van der Waals surface area contributed by atoms with E-state index in [1.807, 2.05) is 18.2 Å². The maximum Gasteiger partial charge on any atom is 0.202 e. The first-order valence-corrected chi connectivity index (χ1v) is 8.15. The van der Waals surface area contributed by atoms with E-state index in [1.54, 1.807) is 0 Å². The van der Waals surface area contributed by atoms with Gasteiger partial charge in [0, 0.05) is 11.1 Å². The van der Waals surface area contributed by atoms with E-state index >= 15 is 0 Å². The highest BCUT2D eigenvalue weighted by molar-refractivity contribution is 7.73. The van der Waals surface area contributed by atoms with Gasteiger partial charge in [0.1, 0.15) is 0 Å². The average molecular weight is 318 g/mol. The standard InChI is InChI=1S/C15H14N2O2S2/c18-13-9-3-1-2-4-10(9)14(19)17(13)8-5-6-11-12(7-8)21-15(20)16-11/h5-7,18-19H,1-4H2,(H,16,20). The number of aromatic amines is 1. The highest BCUT2D eigenvalue weighted by Gasteiger charge is 2.25. The maximum atomic E-state index is 10.5. The second-order valence-corrected chi connectivity index (χ2v) is 7.06. The van der Waals surface area contributed by atoms with Gasteiger partial charge in [0.15, 0.2) is 3.95 Å². The van der Waals surface area contributed by atoms with E-state index in [2.05, 4.69) is 4.98 Å². The van der Waals surface area contributed by atoms with Crippen LogP contribution in [0.4, 0.5) is 0 Å². The van der Waals surface area contributed by atoms with Crippen molar-refractivity contribution in [1.82, 2.24) is 9.55 Å². The fourth-order valence-corrected chi connectivity index (χ4v) is 4.24. The van der Waals surface area contributed by atoms with Gasteiger partial charge in [-0.1, -0.05) is 0 Å². The Hall–Kier alpha value is -1.79. The van der Waals surface area contributed by atoms with Crippen LogP contribution in [0, 0.1) is 3.95 Å². The number of thiazole rings is 1. The molecule has 0 saturated heterocycles. The van der Waals surface area contributed by atoms with E-state index in [0.29, 0.717) is 0 Å². The predicted octanol–water partition coefficient (Wildman–Crippen LogP) is 4.04. The molecule has 3 N–H and O–H groups in total. The smallest absolute Gasteiger partial charge is 0.202 e. The fourth-order valence-electron chi connectivity index (χ4n) is 3.09. The maximum absolute atomic E-state index is 10.5. The minimum Gasteiger partial charge on any atom is -0.494 e. The molecule has 0 saturated carbocycles. The number of nitrogens with zero attached hydrogens (tertiary/aromatic N) is 1. The summed E-state index contributed by atoms with van der Waals surface area (Å²) < 4.78 is 3.28. The summed E-state index contributed by atoms with van der Waals surface area (Å²) in [6, 6.07) is 5.75. The van der Waals surface area contributed by atoms with Crippen LogP contribution < -0.4 is 0 Å². The van der Waals surface area contributed by atoms with Gasteiger partial charge in [-0.15, -0.1) is 11.3 Å². The van der Waals surface area contributed by atoms with Crippen LogP contribution in [0.1, 0.15) is 24.0 Å². The van der Waals surface area contributed by atoms with Crippen molar-refractivity contribution in [2.24, 2.45) is 0 Å². The van der Waals surface area contributed by atoms with E-state index in [-0.39, 0.29) is 11.8 Å². The van der Waals surface area contributed by atoms with E-state index in [4.69, 9.17) is 12.2 Å². The third-order valence-electron chi connectivity index (χ3n) is 4.09. The van der Waals surface area contributed by atoms with Gasteiger partial charge in [-0.05, 0) is 56.1 Å². The van der Waals surface area contributed by atoms with Gasteiger partial charge in [0.05, 0.1) is 15.9 Å². The van der Waals surface area contributed by atoms with E-state index in [1.165, 1.54) is 15.9 Å². The molecule has 0 atom stereocenters. The Morgan fingerprint density at radius 3 is 2.43 bits per heavy atom. The molecule has 4 nitrogen and oxygen atoms in total. The lowest BCUT2D eigenvalue weighted by Crippen LogP contribution is -1.98. The molecule has 108 valence electrons. The lowest BCUT2D eigenvalue weighted by molar-refractivity contribution is 0.400. The van der Waals surface area contributed by atoms with Gasteiger partial charge in [-0.2, -0.15) is 0 Å². The van der Waals surface area contributed by atoms with Crippen LogP contribution in [0.25, 0.3) is 15.9 Å². The number of aromatic nitrogens is 2. The van der Waals surface area contributed by atoms with Crippen molar-refractivity contribution in [3.05, 3.63) is 33.3 Å². The molecule has 1 aliphatic rings. The topological polar surface area (TPSA) is 61.2 Å². The first kappa shape index (κ1) is 12.9. The highest BCUT2D eigenvalue weighted by atomic mass is 32.1. The summed E-state index contributed by atoms with van der Waals surface area (Å²) in [6.45, 7) is 0. The van der Waals surface area contributed by atoms with Crippen LogP contribution in [0.2, 0.25) is 0 Å². The zero-order chi connectivity index (χ0) is 14.6. The van der Waals surface area contributed by atoms with Crippen molar-refractivity contribution < 1.29 is 10.2 Å². The van der Waals surface area contributed by atoms with Crippen molar-refractivity contribution in [1.29, 1.82) is 0 Å². The summed E-state index contributed by atoms with van der Waals surface area (Å²) in [5.41, 5.74) is 3.52. The van der Waals surface area contributed by atoms with Crippen LogP contribution in [-0.4, -0.2) is 19.8 Å². The zero-order valence-electron chi connectivity index (χ0n) is 11.2. The van der Waals surface area contributed by atoms with Gasteiger partial charge >= 0.3 is 0 Å². The molecule has 4 rings (SSSR count). The summed E-state index contributed by atoms with van der Waals surface area (Å²) in [5.74, 6) is 0.335. The van der Waals surface area contributed by atoms with Crippen LogP contribution in [0.5, 0.6) is 11.8 Å². The minimum absolute atomic E-state index is 0.167. The normalized spacial score (nSPS) is 14.5. The van der Waals surface area contributed by atoms with Gasteiger partial charge in [0.2, 0.25) is 11.8 Å². The van der Waals surface area contributed by atoms with Crippen LogP contribution in [-0.2, 0) is 12.8 Å². The molecule has 0 unspecified atom stereocenters. The summed E-state index contributed by atoms with van der Waals surface area (Å²) in [7, 11) is 0. The van der Waals surface area contributed by atoms with Crippen LogP contribution in [0.3, 0.4) is 0 Å². The fraction of sp³-hybridized carbons (Fsp3) is 0.267. The Kier molecular flexibility index (Phi) is 2.83. The molecule has 0 spiro atoms. The van der Waals surface area contributed by atoms with Crippen molar-refractivity contribution in [2.75, 3.05) is 0 Å². The molecule has 6 heteroatoms. The molecule has 21 heavy (non-hydrogen) atoms. The lowest BCUT2D eigenvalue weighted by atomic mass is 9.95. The largest absolute Gasteiger partial charge is 0.494 e. The second kappa shape index (κ2) is 4.61. The number of rotatable bonds is 1. The molecule has 2 aromatic heterocycles. The summed E-state index contributed by atoms with van der Waals surface area (Å²) in [4.78, 5) is 3.11. The molecular formula is C15H14N2O2S2. The molecule has 3 aromatic rings. The van der Waals surface area contributed by atoms with Crippen molar-refractivity contribution in [3.63, 3.8) is 0 Å². The van der Waals surface area contributed by atoms with Gasteiger partial charge < -0.3 is 15.2 Å².